The molecule has 6 nitrogen and oxygen atoms in total. The van der Waals surface area contributed by atoms with Crippen LogP contribution in [0.4, 0.5) is 18.3 Å². The Kier molecular flexibility index (Phi) is 8.92. The summed E-state index contributed by atoms with van der Waals surface area (Å²) in [6.45, 7) is 2.50. The van der Waals surface area contributed by atoms with Crippen LogP contribution in [0.1, 0.15) is 45.6 Å². The lowest BCUT2D eigenvalue weighted by molar-refractivity contribution is -0.137. The van der Waals surface area contributed by atoms with Gasteiger partial charge in [-0.15, -0.1) is 0 Å². The number of hydrogen-bond donors (Lipinski definition) is 2. The molecule has 0 aliphatic carbocycles. The first-order chi connectivity index (χ1) is 16.5. The molecule has 0 saturated carbocycles. The summed E-state index contributed by atoms with van der Waals surface area (Å²) in [6.07, 6.45) is -1.30. The van der Waals surface area contributed by atoms with E-state index in [0.29, 0.717) is 47.4 Å². The Balaban J connectivity index is 1.42. The largest absolute Gasteiger partial charge is 0.416 e. The summed E-state index contributed by atoms with van der Waals surface area (Å²) < 4.78 is 65.7. The van der Waals surface area contributed by atoms with Gasteiger partial charge in [0.15, 0.2) is 5.13 Å². The van der Waals surface area contributed by atoms with E-state index in [1.54, 1.807) is 6.07 Å². The van der Waals surface area contributed by atoms with Crippen LogP contribution in [0.3, 0.4) is 0 Å². The van der Waals surface area contributed by atoms with E-state index in [-0.39, 0.29) is 17.4 Å². The Morgan fingerprint density at radius 3 is 2.51 bits per heavy atom. The molecule has 1 aromatic heterocycles. The Morgan fingerprint density at radius 1 is 1.09 bits per heavy atom. The van der Waals surface area contributed by atoms with E-state index in [4.69, 9.17) is 11.6 Å². The predicted octanol–water partition coefficient (Wildman–Crippen LogP) is 5.92. The predicted molar refractivity (Wildman–Crippen MR) is 131 cm³/mol. The standard InChI is InChI=1S/C23H23ClF3N3O3S2/c1-15-7-3-4-8-17(15)21(31)19-14-29-22(34-19)28-11-5-2-6-12-30-35(32,33)20-13-16(23(25,26)27)9-10-18(20)24/h3-4,7-10,13-14,30H,2,5-6,11-12H2,1H3,(H,28,29). The summed E-state index contributed by atoms with van der Waals surface area (Å²) in [7, 11) is -4.18. The fourth-order valence-electron chi connectivity index (χ4n) is 3.21. The van der Waals surface area contributed by atoms with Crippen molar-refractivity contribution < 1.29 is 26.4 Å². The maximum atomic E-state index is 12.9. The van der Waals surface area contributed by atoms with E-state index in [1.165, 1.54) is 17.5 Å². The molecule has 3 rings (SSSR count). The number of rotatable bonds is 11. The third-order valence-corrected chi connectivity index (χ3v) is 7.99. The molecule has 0 bridgehead atoms. The third kappa shape index (κ3) is 7.26. The topological polar surface area (TPSA) is 88.2 Å². The third-order valence-electron chi connectivity index (χ3n) is 5.09. The molecule has 2 N–H and O–H groups in total. The normalized spacial score (nSPS) is 12.0. The van der Waals surface area contributed by atoms with Crippen LogP contribution in [0.25, 0.3) is 0 Å². The monoisotopic (exact) mass is 545 g/mol. The maximum Gasteiger partial charge on any atom is 0.416 e. The van der Waals surface area contributed by atoms with Crippen LogP contribution >= 0.6 is 22.9 Å². The SMILES string of the molecule is Cc1ccccc1C(=O)c1cnc(NCCCCCNS(=O)(=O)c2cc(C(F)(F)F)ccc2Cl)s1. The van der Waals surface area contributed by atoms with Crippen LogP contribution in [0.15, 0.2) is 53.6 Å². The molecule has 12 heteroatoms. The first kappa shape index (κ1) is 27.1. The van der Waals surface area contributed by atoms with Gasteiger partial charge in [0, 0.05) is 18.7 Å². The molecule has 0 radical (unpaired) electrons. The van der Waals surface area contributed by atoms with Crippen LogP contribution in [0.5, 0.6) is 0 Å². The number of nitrogens with zero attached hydrogens (tertiary/aromatic N) is 1. The number of alkyl halides is 3. The average molecular weight is 546 g/mol. The minimum absolute atomic E-state index is 0.0568. The average Bonchev–Trinajstić information content (AvgIpc) is 3.26. The summed E-state index contributed by atoms with van der Waals surface area (Å²) in [4.78, 5) is 16.8. The number of ketones is 1. The van der Waals surface area contributed by atoms with Gasteiger partial charge in [0.05, 0.1) is 21.7 Å². The van der Waals surface area contributed by atoms with Crippen molar-refractivity contribution in [3.8, 4) is 0 Å². The number of aromatic nitrogens is 1. The molecule has 0 saturated heterocycles. The van der Waals surface area contributed by atoms with Crippen LogP contribution in [-0.4, -0.2) is 32.3 Å². The molecule has 1 heterocycles. The number of anilines is 1. The van der Waals surface area contributed by atoms with E-state index >= 15 is 0 Å². The highest BCUT2D eigenvalue weighted by molar-refractivity contribution is 7.89. The molecule has 188 valence electrons. The number of thiazole rings is 1. The van der Waals surface area contributed by atoms with Gasteiger partial charge in [0.2, 0.25) is 15.8 Å². The van der Waals surface area contributed by atoms with Crippen LogP contribution in [-0.2, 0) is 16.2 Å². The molecule has 0 amide bonds. The molecule has 0 unspecified atom stereocenters. The van der Waals surface area contributed by atoms with Crippen molar-refractivity contribution >= 4 is 43.9 Å². The zero-order valence-corrected chi connectivity index (χ0v) is 21.0. The number of nitrogens with one attached hydrogen (secondary N) is 2. The van der Waals surface area contributed by atoms with Gasteiger partial charge in [-0.3, -0.25) is 4.79 Å². The second-order valence-corrected chi connectivity index (χ2v) is 10.9. The van der Waals surface area contributed by atoms with Crippen molar-refractivity contribution in [2.75, 3.05) is 18.4 Å². The molecule has 0 aliphatic rings. The van der Waals surface area contributed by atoms with Crippen molar-refractivity contribution in [2.45, 2.75) is 37.3 Å². The van der Waals surface area contributed by atoms with Crippen LogP contribution in [0.2, 0.25) is 5.02 Å². The lowest BCUT2D eigenvalue weighted by Gasteiger charge is -2.12. The molecule has 0 fully saturated rings. The van der Waals surface area contributed by atoms with Gasteiger partial charge in [-0.05, 0) is 43.5 Å². The molecule has 0 spiro atoms. The van der Waals surface area contributed by atoms with Gasteiger partial charge in [0.1, 0.15) is 4.90 Å². The highest BCUT2D eigenvalue weighted by Crippen LogP contribution is 2.33. The first-order valence-corrected chi connectivity index (χ1v) is 13.3. The molecule has 3 aromatic rings. The van der Waals surface area contributed by atoms with E-state index in [1.807, 2.05) is 25.1 Å². The fraction of sp³-hybridized carbons (Fsp3) is 0.304. The van der Waals surface area contributed by atoms with Gasteiger partial charge >= 0.3 is 6.18 Å². The van der Waals surface area contributed by atoms with Crippen molar-refractivity contribution in [3.63, 3.8) is 0 Å². The molecular formula is C23H23ClF3N3O3S2. The lowest BCUT2D eigenvalue weighted by atomic mass is 10.0. The summed E-state index contributed by atoms with van der Waals surface area (Å²) in [5.74, 6) is -0.0817. The number of carbonyl (C=O) groups is 1. The molecule has 0 atom stereocenters. The maximum absolute atomic E-state index is 12.9. The van der Waals surface area contributed by atoms with Crippen molar-refractivity contribution in [1.29, 1.82) is 0 Å². The minimum Gasteiger partial charge on any atom is -0.362 e. The Bertz CT molecular complexity index is 1290. The van der Waals surface area contributed by atoms with E-state index < -0.39 is 26.7 Å². The van der Waals surface area contributed by atoms with Gasteiger partial charge < -0.3 is 5.32 Å². The smallest absolute Gasteiger partial charge is 0.362 e. The minimum atomic E-state index is -4.67. The summed E-state index contributed by atoms with van der Waals surface area (Å²) >= 11 is 7.08. The van der Waals surface area contributed by atoms with Crippen LogP contribution in [0, 0.1) is 6.92 Å². The second kappa shape index (κ2) is 11.5. The summed E-state index contributed by atoms with van der Waals surface area (Å²) in [5.41, 5.74) is 0.447. The molecule has 35 heavy (non-hydrogen) atoms. The number of halogens is 4. The van der Waals surface area contributed by atoms with Crippen molar-refractivity contribution in [2.24, 2.45) is 0 Å². The van der Waals surface area contributed by atoms with E-state index in [0.717, 1.165) is 17.7 Å². The van der Waals surface area contributed by atoms with Gasteiger partial charge in [-0.2, -0.15) is 13.2 Å². The fourth-order valence-corrected chi connectivity index (χ4v) is 5.61. The Labute approximate surface area is 210 Å². The number of carbonyl (C=O) groups excluding carboxylic acids is 1. The van der Waals surface area contributed by atoms with E-state index in [9.17, 15) is 26.4 Å². The molecular weight excluding hydrogens is 523 g/mol. The van der Waals surface area contributed by atoms with E-state index in [2.05, 4.69) is 15.0 Å². The quantitative estimate of drug-likeness (QED) is 0.231. The number of unbranched alkanes of at least 4 members (excludes halogenated alkanes) is 2. The second-order valence-electron chi connectivity index (χ2n) is 7.70. The number of sulfonamides is 1. The van der Waals surface area contributed by atoms with Gasteiger partial charge in [0.25, 0.3) is 0 Å². The lowest BCUT2D eigenvalue weighted by Crippen LogP contribution is -2.25. The molecule has 2 aromatic carbocycles. The first-order valence-electron chi connectivity index (χ1n) is 10.7. The van der Waals surface area contributed by atoms with Gasteiger partial charge in [-0.25, -0.2) is 18.1 Å². The van der Waals surface area contributed by atoms with Crippen molar-refractivity contribution in [1.82, 2.24) is 9.71 Å². The number of hydrogen-bond acceptors (Lipinski definition) is 6. The summed E-state index contributed by atoms with van der Waals surface area (Å²) in [6, 6.07) is 9.52. The number of aryl methyl sites for hydroxylation is 1. The highest BCUT2D eigenvalue weighted by atomic mass is 35.5. The molecule has 0 aliphatic heterocycles. The van der Waals surface area contributed by atoms with Crippen molar-refractivity contribution in [3.05, 3.63) is 75.3 Å². The Hall–Kier alpha value is -2.47. The Morgan fingerprint density at radius 2 is 1.80 bits per heavy atom. The zero-order chi connectivity index (χ0) is 25.6. The van der Waals surface area contributed by atoms with Crippen LogP contribution < -0.4 is 10.0 Å². The highest BCUT2D eigenvalue weighted by Gasteiger charge is 2.32. The zero-order valence-electron chi connectivity index (χ0n) is 18.7. The number of benzene rings is 2. The summed E-state index contributed by atoms with van der Waals surface area (Å²) in [5, 5.41) is 3.47. The van der Waals surface area contributed by atoms with Gasteiger partial charge in [-0.1, -0.05) is 53.6 Å².